The van der Waals surface area contributed by atoms with Crippen LogP contribution in [0.3, 0.4) is 0 Å². The van der Waals surface area contributed by atoms with E-state index in [0.717, 1.165) is 36.4 Å². The van der Waals surface area contributed by atoms with E-state index in [-0.39, 0.29) is 24.0 Å². The quantitative estimate of drug-likeness (QED) is 0.476. The Hall–Kier alpha value is -0.790. The Balaban J connectivity index is 0.00000220. The van der Waals surface area contributed by atoms with Crippen LogP contribution in [-0.2, 0) is 6.54 Å². The van der Waals surface area contributed by atoms with Crippen molar-refractivity contribution in [2.75, 3.05) is 20.1 Å². The van der Waals surface area contributed by atoms with Crippen LogP contribution in [0.15, 0.2) is 15.6 Å². The van der Waals surface area contributed by atoms with Crippen molar-refractivity contribution in [1.29, 1.82) is 0 Å². The van der Waals surface area contributed by atoms with Crippen LogP contribution >= 0.6 is 24.0 Å². The van der Waals surface area contributed by atoms with E-state index in [1.165, 1.54) is 12.8 Å². The van der Waals surface area contributed by atoms with Gasteiger partial charge in [-0.2, -0.15) is 0 Å². The summed E-state index contributed by atoms with van der Waals surface area (Å²) < 4.78 is 5.34. The highest BCUT2D eigenvalue weighted by Gasteiger charge is 2.18. The fourth-order valence-electron chi connectivity index (χ4n) is 2.40. The van der Waals surface area contributed by atoms with Crippen molar-refractivity contribution >= 4 is 29.9 Å². The van der Waals surface area contributed by atoms with Crippen LogP contribution in [0.4, 0.5) is 0 Å². The molecule has 120 valence electrons. The zero-order valence-corrected chi connectivity index (χ0v) is 15.8. The molecule has 2 heterocycles. The second-order valence-electron chi connectivity index (χ2n) is 5.94. The zero-order chi connectivity index (χ0) is 14.5. The second kappa shape index (κ2) is 8.60. The average Bonchev–Trinajstić information content (AvgIpc) is 2.90. The highest BCUT2D eigenvalue weighted by Crippen LogP contribution is 2.16. The van der Waals surface area contributed by atoms with Gasteiger partial charge in [0.1, 0.15) is 0 Å². The number of guanidine groups is 1. The van der Waals surface area contributed by atoms with E-state index in [1.807, 2.05) is 13.1 Å². The monoisotopic (exact) mass is 406 g/mol. The van der Waals surface area contributed by atoms with E-state index in [4.69, 9.17) is 4.52 Å². The highest BCUT2D eigenvalue weighted by atomic mass is 127. The number of aromatic nitrogens is 1. The second-order valence-corrected chi connectivity index (χ2v) is 5.94. The smallest absolute Gasteiger partial charge is 0.194 e. The fourth-order valence-corrected chi connectivity index (χ4v) is 2.40. The lowest BCUT2D eigenvalue weighted by Crippen LogP contribution is -2.45. The van der Waals surface area contributed by atoms with Gasteiger partial charge >= 0.3 is 0 Å². The Morgan fingerprint density at radius 1 is 1.48 bits per heavy atom. The molecule has 0 saturated carbocycles. The summed E-state index contributed by atoms with van der Waals surface area (Å²) in [4.78, 5) is 6.68. The van der Waals surface area contributed by atoms with Gasteiger partial charge in [0.15, 0.2) is 11.7 Å². The van der Waals surface area contributed by atoms with Crippen molar-refractivity contribution in [2.24, 2.45) is 10.9 Å². The summed E-state index contributed by atoms with van der Waals surface area (Å²) in [5, 5.41) is 7.44. The van der Waals surface area contributed by atoms with Crippen LogP contribution in [0.25, 0.3) is 0 Å². The molecule has 0 spiro atoms. The van der Waals surface area contributed by atoms with Gasteiger partial charge in [-0.3, -0.25) is 4.99 Å². The summed E-state index contributed by atoms with van der Waals surface area (Å²) >= 11 is 0. The molecular formula is C15H27IN4O. The number of halogens is 1. The minimum Gasteiger partial charge on any atom is -0.359 e. The molecule has 1 aliphatic rings. The van der Waals surface area contributed by atoms with Crippen LogP contribution < -0.4 is 5.32 Å². The van der Waals surface area contributed by atoms with Gasteiger partial charge in [-0.25, -0.2) is 0 Å². The number of hydrogen-bond donors (Lipinski definition) is 1. The molecule has 1 fully saturated rings. The van der Waals surface area contributed by atoms with Gasteiger partial charge in [-0.15, -0.1) is 24.0 Å². The first-order valence-electron chi connectivity index (χ1n) is 7.51. The zero-order valence-electron chi connectivity index (χ0n) is 13.4. The van der Waals surface area contributed by atoms with Gasteiger partial charge in [0, 0.05) is 26.2 Å². The maximum absolute atomic E-state index is 5.34. The van der Waals surface area contributed by atoms with Gasteiger partial charge in [-0.05, 0) is 24.7 Å². The van der Waals surface area contributed by atoms with Crippen LogP contribution in [0.1, 0.15) is 51.0 Å². The lowest BCUT2D eigenvalue weighted by Gasteiger charge is -2.32. The van der Waals surface area contributed by atoms with Crippen LogP contribution in [-0.4, -0.2) is 36.2 Å². The molecule has 1 N–H and O–H groups in total. The number of nitrogens with zero attached hydrogens (tertiary/aromatic N) is 3. The SMILES string of the molecule is CN=C(NCc1cc(C(C)C)no1)N1CCC(C)CC1.I. The lowest BCUT2D eigenvalue weighted by atomic mass is 10.00. The van der Waals surface area contributed by atoms with E-state index in [2.05, 4.69) is 41.1 Å². The van der Waals surface area contributed by atoms with Crippen molar-refractivity contribution in [1.82, 2.24) is 15.4 Å². The van der Waals surface area contributed by atoms with Gasteiger partial charge in [0.05, 0.1) is 12.2 Å². The predicted octanol–water partition coefficient (Wildman–Crippen LogP) is 3.22. The van der Waals surface area contributed by atoms with Crippen molar-refractivity contribution in [3.63, 3.8) is 0 Å². The summed E-state index contributed by atoms with van der Waals surface area (Å²) in [6, 6.07) is 2.02. The molecule has 0 aromatic carbocycles. The minimum absolute atomic E-state index is 0. The standard InChI is InChI=1S/C15H26N4O.HI/c1-11(2)14-9-13(20-18-14)10-17-15(16-4)19-7-5-12(3)6-8-19;/h9,11-12H,5-8,10H2,1-4H3,(H,16,17);1H. The topological polar surface area (TPSA) is 53.7 Å². The van der Waals surface area contributed by atoms with E-state index >= 15 is 0 Å². The number of rotatable bonds is 3. The molecule has 0 unspecified atom stereocenters. The van der Waals surface area contributed by atoms with Gasteiger partial charge in [0.2, 0.25) is 0 Å². The van der Waals surface area contributed by atoms with E-state index < -0.39 is 0 Å². The van der Waals surface area contributed by atoms with Gasteiger partial charge in [0.25, 0.3) is 0 Å². The molecule has 0 aliphatic carbocycles. The number of hydrogen-bond acceptors (Lipinski definition) is 3. The Morgan fingerprint density at radius 3 is 2.67 bits per heavy atom. The third kappa shape index (κ3) is 5.16. The van der Waals surface area contributed by atoms with Crippen molar-refractivity contribution in [3.8, 4) is 0 Å². The molecule has 5 nitrogen and oxygen atoms in total. The number of aliphatic imine (C=N–C) groups is 1. The first-order valence-corrected chi connectivity index (χ1v) is 7.51. The molecule has 1 aromatic heterocycles. The Bertz CT molecular complexity index is 450. The Kier molecular flexibility index (Phi) is 7.48. The molecule has 0 radical (unpaired) electrons. The van der Waals surface area contributed by atoms with Crippen LogP contribution in [0.2, 0.25) is 0 Å². The Morgan fingerprint density at radius 2 is 2.14 bits per heavy atom. The molecule has 0 amide bonds. The molecule has 1 saturated heterocycles. The summed E-state index contributed by atoms with van der Waals surface area (Å²) in [7, 11) is 1.83. The normalized spacial score (nSPS) is 17.0. The average molecular weight is 406 g/mol. The molecule has 21 heavy (non-hydrogen) atoms. The maximum Gasteiger partial charge on any atom is 0.194 e. The lowest BCUT2D eigenvalue weighted by molar-refractivity contribution is 0.272. The first kappa shape index (κ1) is 18.3. The van der Waals surface area contributed by atoms with E-state index in [0.29, 0.717) is 12.5 Å². The summed E-state index contributed by atoms with van der Waals surface area (Å²) in [6.07, 6.45) is 2.47. The van der Waals surface area contributed by atoms with Gasteiger partial charge in [-0.1, -0.05) is 25.9 Å². The summed E-state index contributed by atoms with van der Waals surface area (Å²) in [6.45, 7) is 9.34. The largest absolute Gasteiger partial charge is 0.359 e. The molecular weight excluding hydrogens is 379 g/mol. The minimum atomic E-state index is 0. The number of nitrogens with one attached hydrogen (secondary N) is 1. The Labute approximate surface area is 144 Å². The van der Waals surface area contributed by atoms with Crippen molar-refractivity contribution in [2.45, 2.75) is 46.1 Å². The fraction of sp³-hybridized carbons (Fsp3) is 0.733. The highest BCUT2D eigenvalue weighted by molar-refractivity contribution is 14.0. The molecule has 1 aliphatic heterocycles. The molecule has 0 bridgehead atoms. The number of likely N-dealkylation sites (tertiary alicyclic amines) is 1. The molecule has 6 heteroatoms. The molecule has 2 rings (SSSR count). The first-order chi connectivity index (χ1) is 9.60. The van der Waals surface area contributed by atoms with Gasteiger partial charge < -0.3 is 14.7 Å². The van der Waals surface area contributed by atoms with Crippen molar-refractivity contribution in [3.05, 3.63) is 17.5 Å². The third-order valence-corrected chi connectivity index (χ3v) is 3.88. The predicted molar refractivity (Wildman–Crippen MR) is 96.2 cm³/mol. The summed E-state index contributed by atoms with van der Waals surface area (Å²) in [5.74, 6) is 3.04. The maximum atomic E-state index is 5.34. The van der Waals surface area contributed by atoms with Crippen LogP contribution in [0, 0.1) is 5.92 Å². The van der Waals surface area contributed by atoms with E-state index in [1.54, 1.807) is 0 Å². The van der Waals surface area contributed by atoms with Crippen molar-refractivity contribution < 1.29 is 4.52 Å². The van der Waals surface area contributed by atoms with Crippen LogP contribution in [0.5, 0.6) is 0 Å². The van der Waals surface area contributed by atoms with E-state index in [9.17, 15) is 0 Å². The molecule has 1 aromatic rings. The third-order valence-electron chi connectivity index (χ3n) is 3.88. The number of piperidine rings is 1. The molecule has 0 atom stereocenters. The summed E-state index contributed by atoms with van der Waals surface area (Å²) in [5.41, 5.74) is 1.00.